The van der Waals surface area contributed by atoms with Crippen LogP contribution in [0.4, 0.5) is 5.69 Å². The van der Waals surface area contributed by atoms with Crippen molar-refractivity contribution in [1.82, 2.24) is 9.78 Å². The molecule has 0 aliphatic rings. The van der Waals surface area contributed by atoms with Crippen molar-refractivity contribution in [3.8, 4) is 0 Å². The number of anilines is 1. The maximum absolute atomic E-state index is 12.4. The molecule has 0 atom stereocenters. The van der Waals surface area contributed by atoms with E-state index >= 15 is 0 Å². The highest BCUT2D eigenvalue weighted by Crippen LogP contribution is 2.15. The zero-order valence-electron chi connectivity index (χ0n) is 13.6. The molecule has 0 fully saturated rings. The summed E-state index contributed by atoms with van der Waals surface area (Å²) in [4.78, 5) is 24.4. The lowest BCUT2D eigenvalue weighted by Crippen LogP contribution is -2.26. The van der Waals surface area contributed by atoms with Gasteiger partial charge in [-0.2, -0.15) is 5.10 Å². The van der Waals surface area contributed by atoms with Gasteiger partial charge in [0.1, 0.15) is 5.69 Å². The largest absolute Gasteiger partial charge is 0.321 e. The third-order valence-corrected chi connectivity index (χ3v) is 3.87. The molecule has 0 bridgehead atoms. The minimum Gasteiger partial charge on any atom is -0.321 e. The standard InChI is InChI=1S/C19H16ClN3O2/c1-13-5-7-14(8-6-13)12-23-18(24)10-9-17(22-23)19(25)21-16-4-2-3-15(20)11-16/h2-11H,12H2,1H3,(H,21,25). The quantitative estimate of drug-likeness (QED) is 0.780. The molecule has 0 radical (unpaired) electrons. The van der Waals surface area contributed by atoms with Gasteiger partial charge in [-0.3, -0.25) is 9.59 Å². The van der Waals surface area contributed by atoms with E-state index < -0.39 is 5.91 Å². The van der Waals surface area contributed by atoms with Crippen molar-refractivity contribution in [2.45, 2.75) is 13.5 Å². The van der Waals surface area contributed by atoms with Crippen LogP contribution in [-0.2, 0) is 6.54 Å². The van der Waals surface area contributed by atoms with Gasteiger partial charge in [0, 0.05) is 16.8 Å². The summed E-state index contributed by atoms with van der Waals surface area (Å²) in [6.45, 7) is 2.30. The zero-order chi connectivity index (χ0) is 17.8. The number of nitrogens with one attached hydrogen (secondary N) is 1. The SMILES string of the molecule is Cc1ccc(Cn2nc(C(=O)Nc3cccc(Cl)c3)ccc2=O)cc1. The van der Waals surface area contributed by atoms with E-state index in [9.17, 15) is 9.59 Å². The molecule has 126 valence electrons. The summed E-state index contributed by atoms with van der Waals surface area (Å²) >= 11 is 5.91. The molecule has 3 rings (SSSR count). The molecule has 1 N–H and O–H groups in total. The fraction of sp³-hybridized carbons (Fsp3) is 0.105. The Labute approximate surface area is 149 Å². The van der Waals surface area contributed by atoms with Crippen LogP contribution in [0.1, 0.15) is 21.6 Å². The van der Waals surface area contributed by atoms with Gasteiger partial charge < -0.3 is 5.32 Å². The van der Waals surface area contributed by atoms with Crippen molar-refractivity contribution >= 4 is 23.2 Å². The van der Waals surface area contributed by atoms with Gasteiger partial charge in [0.25, 0.3) is 11.5 Å². The number of halogens is 1. The first-order chi connectivity index (χ1) is 12.0. The predicted octanol–water partition coefficient (Wildman–Crippen LogP) is 3.51. The van der Waals surface area contributed by atoms with Crippen LogP contribution in [0.3, 0.4) is 0 Å². The maximum Gasteiger partial charge on any atom is 0.276 e. The second-order valence-electron chi connectivity index (χ2n) is 5.66. The smallest absolute Gasteiger partial charge is 0.276 e. The average Bonchev–Trinajstić information content (AvgIpc) is 2.59. The van der Waals surface area contributed by atoms with Gasteiger partial charge >= 0.3 is 0 Å². The molecule has 5 nitrogen and oxygen atoms in total. The summed E-state index contributed by atoms with van der Waals surface area (Å²) in [5.41, 5.74) is 2.54. The van der Waals surface area contributed by atoms with Gasteiger partial charge in [0.05, 0.1) is 6.54 Å². The fourth-order valence-electron chi connectivity index (χ4n) is 2.31. The normalized spacial score (nSPS) is 10.5. The highest BCUT2D eigenvalue weighted by atomic mass is 35.5. The van der Waals surface area contributed by atoms with Crippen molar-refractivity contribution in [2.24, 2.45) is 0 Å². The Balaban J connectivity index is 1.82. The monoisotopic (exact) mass is 353 g/mol. The van der Waals surface area contributed by atoms with Crippen molar-refractivity contribution in [1.29, 1.82) is 0 Å². The highest BCUT2D eigenvalue weighted by Gasteiger charge is 2.10. The lowest BCUT2D eigenvalue weighted by Gasteiger charge is -2.08. The van der Waals surface area contributed by atoms with Crippen LogP contribution in [0, 0.1) is 6.92 Å². The number of benzene rings is 2. The third-order valence-electron chi connectivity index (χ3n) is 3.63. The maximum atomic E-state index is 12.4. The minimum absolute atomic E-state index is 0.159. The van der Waals surface area contributed by atoms with E-state index in [1.165, 1.54) is 16.8 Å². The Morgan fingerprint density at radius 3 is 2.60 bits per heavy atom. The van der Waals surface area contributed by atoms with Gasteiger partial charge in [-0.1, -0.05) is 47.5 Å². The van der Waals surface area contributed by atoms with Crippen molar-refractivity contribution in [3.63, 3.8) is 0 Å². The van der Waals surface area contributed by atoms with E-state index in [2.05, 4.69) is 10.4 Å². The first kappa shape index (κ1) is 16.9. The van der Waals surface area contributed by atoms with Gasteiger partial charge in [-0.25, -0.2) is 4.68 Å². The second kappa shape index (κ2) is 7.32. The molecule has 1 heterocycles. The van der Waals surface area contributed by atoms with Crippen LogP contribution in [-0.4, -0.2) is 15.7 Å². The first-order valence-electron chi connectivity index (χ1n) is 7.72. The van der Waals surface area contributed by atoms with Crippen molar-refractivity contribution < 1.29 is 4.79 Å². The Morgan fingerprint density at radius 1 is 1.12 bits per heavy atom. The lowest BCUT2D eigenvalue weighted by atomic mass is 10.1. The molecule has 6 heteroatoms. The molecule has 0 spiro atoms. The zero-order valence-corrected chi connectivity index (χ0v) is 14.3. The summed E-state index contributed by atoms with van der Waals surface area (Å²) in [5.74, 6) is -0.403. The average molecular weight is 354 g/mol. The van der Waals surface area contributed by atoms with Gasteiger partial charge in [0.2, 0.25) is 0 Å². The number of aromatic nitrogens is 2. The Kier molecular flexibility index (Phi) is 4.95. The highest BCUT2D eigenvalue weighted by molar-refractivity contribution is 6.30. The van der Waals surface area contributed by atoms with E-state index in [0.29, 0.717) is 17.3 Å². The molecular weight excluding hydrogens is 338 g/mol. The van der Waals surface area contributed by atoms with Gasteiger partial charge in [0.15, 0.2) is 0 Å². The summed E-state index contributed by atoms with van der Waals surface area (Å²) in [7, 11) is 0. The summed E-state index contributed by atoms with van der Waals surface area (Å²) in [6, 6.07) is 17.4. The number of rotatable bonds is 4. The Morgan fingerprint density at radius 2 is 1.88 bits per heavy atom. The van der Waals surface area contributed by atoms with E-state index in [4.69, 9.17) is 11.6 Å². The number of hydrogen-bond acceptors (Lipinski definition) is 3. The molecule has 0 saturated carbocycles. The van der Waals surface area contributed by atoms with Crippen LogP contribution >= 0.6 is 11.6 Å². The molecule has 0 saturated heterocycles. The first-order valence-corrected chi connectivity index (χ1v) is 8.10. The number of amides is 1. The number of carbonyl (C=O) groups is 1. The van der Waals surface area contributed by atoms with E-state index in [0.717, 1.165) is 11.1 Å². The second-order valence-corrected chi connectivity index (χ2v) is 6.10. The molecule has 25 heavy (non-hydrogen) atoms. The van der Waals surface area contributed by atoms with Crippen LogP contribution < -0.4 is 10.9 Å². The number of nitrogens with zero attached hydrogens (tertiary/aromatic N) is 2. The molecule has 2 aromatic carbocycles. The van der Waals surface area contributed by atoms with Crippen molar-refractivity contribution in [2.75, 3.05) is 5.32 Å². The van der Waals surface area contributed by atoms with E-state index in [-0.39, 0.29) is 11.3 Å². The summed E-state index contributed by atoms with van der Waals surface area (Å²) in [6.07, 6.45) is 0. The fourth-order valence-corrected chi connectivity index (χ4v) is 2.50. The van der Waals surface area contributed by atoms with E-state index in [1.54, 1.807) is 24.3 Å². The minimum atomic E-state index is -0.403. The van der Waals surface area contributed by atoms with Crippen LogP contribution in [0.2, 0.25) is 5.02 Å². The summed E-state index contributed by atoms with van der Waals surface area (Å²) < 4.78 is 1.28. The molecule has 0 aliphatic heterocycles. The number of aryl methyl sites for hydroxylation is 1. The Bertz CT molecular complexity index is 965. The van der Waals surface area contributed by atoms with Crippen LogP contribution in [0.5, 0.6) is 0 Å². The summed E-state index contributed by atoms with van der Waals surface area (Å²) in [5, 5.41) is 7.41. The van der Waals surface area contributed by atoms with Crippen molar-refractivity contribution in [3.05, 3.63) is 92.9 Å². The van der Waals surface area contributed by atoms with Crippen LogP contribution in [0.25, 0.3) is 0 Å². The Hall–Kier alpha value is -2.92. The topological polar surface area (TPSA) is 64.0 Å². The van der Waals surface area contributed by atoms with Crippen LogP contribution in [0.15, 0.2) is 65.5 Å². The van der Waals surface area contributed by atoms with Gasteiger partial charge in [-0.15, -0.1) is 0 Å². The predicted molar refractivity (Wildman–Crippen MR) is 98.2 cm³/mol. The molecule has 0 aliphatic carbocycles. The molecular formula is C19H16ClN3O2. The molecule has 1 amide bonds. The third kappa shape index (κ3) is 4.33. The lowest BCUT2D eigenvalue weighted by molar-refractivity contribution is 0.102. The molecule has 0 unspecified atom stereocenters. The number of carbonyl (C=O) groups excluding carboxylic acids is 1. The molecule has 3 aromatic rings. The molecule has 1 aromatic heterocycles. The number of hydrogen-bond donors (Lipinski definition) is 1. The van der Waals surface area contributed by atoms with E-state index in [1.807, 2.05) is 31.2 Å². The van der Waals surface area contributed by atoms with Gasteiger partial charge in [-0.05, 0) is 36.8 Å².